The first-order valence-electron chi connectivity index (χ1n) is 2.42. The maximum atomic E-state index is 10.00. The molecule has 0 unspecified atom stereocenters. The van der Waals surface area contributed by atoms with Gasteiger partial charge in [-0.2, -0.15) is 0 Å². The molecule has 0 aromatic heterocycles. The van der Waals surface area contributed by atoms with Gasteiger partial charge in [0.2, 0.25) is 0 Å². The minimum atomic E-state index is 0.428. The van der Waals surface area contributed by atoms with Crippen molar-refractivity contribution < 1.29 is 8.95 Å². The molecule has 0 radical (unpaired) electrons. The Kier molecular flexibility index (Phi) is 2.20. The minimum Gasteiger partial charge on any atom is -0.335 e. The molecule has 0 atom stereocenters. The second-order valence-corrected chi connectivity index (χ2v) is 2.10. The average Bonchev–Trinajstić information content (AvgIpc) is 1.90. The van der Waals surface area contributed by atoms with E-state index in [0.717, 1.165) is 6.54 Å². The third-order valence-electron chi connectivity index (χ3n) is 0.904. The Morgan fingerprint density at radius 2 is 2.62 bits per heavy atom. The third-order valence-corrected chi connectivity index (χ3v) is 1.35. The van der Waals surface area contributed by atoms with E-state index >= 15 is 0 Å². The highest BCUT2D eigenvalue weighted by Crippen LogP contribution is 1.81. The lowest BCUT2D eigenvalue weighted by Gasteiger charge is -2.11. The summed E-state index contributed by atoms with van der Waals surface area (Å²) in [6.07, 6.45) is 0. The zero-order chi connectivity index (χ0) is 5.82. The van der Waals surface area contributed by atoms with E-state index in [2.05, 4.69) is 5.32 Å². The fraction of sp³-hybridized carbons (Fsp3) is 0.750. The zero-order valence-corrected chi connectivity index (χ0v) is 5.16. The molecule has 46 valence electrons. The van der Waals surface area contributed by atoms with Crippen LogP contribution in [0.2, 0.25) is 0 Å². The summed E-state index contributed by atoms with van der Waals surface area (Å²) >= 11 is 0.428. The quantitative estimate of drug-likeness (QED) is 0.428. The van der Waals surface area contributed by atoms with E-state index in [1.165, 1.54) is 0 Å². The SMILES string of the molecule is O=S=C1CNCCO1. The second kappa shape index (κ2) is 2.96. The van der Waals surface area contributed by atoms with Crippen LogP contribution in [0.25, 0.3) is 0 Å². The number of rotatable bonds is 0. The van der Waals surface area contributed by atoms with Crippen molar-refractivity contribution in [1.29, 1.82) is 0 Å². The summed E-state index contributed by atoms with van der Waals surface area (Å²) in [7, 11) is 0. The zero-order valence-electron chi connectivity index (χ0n) is 4.35. The molecule has 1 saturated heterocycles. The summed E-state index contributed by atoms with van der Waals surface area (Å²) in [5, 5.41) is 3.55. The molecule has 4 heteroatoms. The predicted molar refractivity (Wildman–Crippen MR) is 32.0 cm³/mol. The first-order valence-corrected chi connectivity index (χ1v) is 3.17. The molecule has 0 aromatic carbocycles. The number of hydrogen-bond acceptors (Lipinski definition) is 3. The first-order chi connectivity index (χ1) is 3.93. The van der Waals surface area contributed by atoms with Crippen LogP contribution < -0.4 is 5.32 Å². The van der Waals surface area contributed by atoms with Gasteiger partial charge in [-0.3, -0.25) is 0 Å². The average molecular weight is 133 g/mol. The number of nitrogens with one attached hydrogen (secondary N) is 1. The molecule has 1 N–H and O–H groups in total. The maximum absolute atomic E-state index is 10.00. The Balaban J connectivity index is 2.45. The van der Waals surface area contributed by atoms with Gasteiger partial charge in [0.1, 0.15) is 11.3 Å². The first kappa shape index (κ1) is 5.94. The van der Waals surface area contributed by atoms with Crippen LogP contribution in [0, 0.1) is 0 Å². The molecule has 1 aliphatic heterocycles. The van der Waals surface area contributed by atoms with Crippen LogP contribution in [0.4, 0.5) is 0 Å². The molecule has 1 rings (SSSR count). The van der Waals surface area contributed by atoms with Crippen molar-refractivity contribution in [2.24, 2.45) is 0 Å². The largest absolute Gasteiger partial charge is 0.335 e. The second-order valence-electron chi connectivity index (χ2n) is 1.48. The molecule has 1 fully saturated rings. The molecule has 0 amide bonds. The highest BCUT2D eigenvalue weighted by Gasteiger charge is 2.03. The van der Waals surface area contributed by atoms with Gasteiger partial charge in [-0.15, -0.1) is 0 Å². The Bertz CT molecular complexity index is 122. The van der Waals surface area contributed by atoms with Gasteiger partial charge in [0.15, 0.2) is 5.05 Å². The fourth-order valence-corrected chi connectivity index (χ4v) is 0.824. The normalized spacial score (nSPS) is 20.8. The predicted octanol–water partition coefficient (Wildman–Crippen LogP) is -1.05. The summed E-state index contributed by atoms with van der Waals surface area (Å²) in [4.78, 5) is 0. The van der Waals surface area contributed by atoms with E-state index in [4.69, 9.17) is 4.74 Å². The monoisotopic (exact) mass is 133 g/mol. The van der Waals surface area contributed by atoms with Crippen molar-refractivity contribution in [3.63, 3.8) is 0 Å². The molecule has 0 saturated carbocycles. The van der Waals surface area contributed by atoms with E-state index in [0.29, 0.717) is 29.5 Å². The van der Waals surface area contributed by atoms with Crippen LogP contribution in [-0.2, 0) is 16.0 Å². The summed E-state index contributed by atoms with van der Waals surface area (Å²) in [6.45, 7) is 2.09. The summed E-state index contributed by atoms with van der Waals surface area (Å²) in [5.74, 6) is 0. The van der Waals surface area contributed by atoms with Gasteiger partial charge >= 0.3 is 0 Å². The summed E-state index contributed by atoms with van der Waals surface area (Å²) in [5.41, 5.74) is 0. The van der Waals surface area contributed by atoms with Gasteiger partial charge in [0, 0.05) is 6.54 Å². The summed E-state index contributed by atoms with van der Waals surface area (Å²) < 4.78 is 14.9. The number of morpholine rings is 1. The van der Waals surface area contributed by atoms with Crippen LogP contribution in [0.3, 0.4) is 0 Å². The smallest absolute Gasteiger partial charge is 0.159 e. The van der Waals surface area contributed by atoms with Crippen LogP contribution in [0.1, 0.15) is 0 Å². The minimum absolute atomic E-state index is 0.428. The highest BCUT2D eigenvalue weighted by atomic mass is 32.1. The van der Waals surface area contributed by atoms with E-state index in [9.17, 15) is 4.21 Å². The number of ether oxygens (including phenoxy) is 1. The van der Waals surface area contributed by atoms with E-state index < -0.39 is 0 Å². The van der Waals surface area contributed by atoms with Crippen molar-refractivity contribution >= 4 is 16.3 Å². The molecule has 0 spiro atoms. The van der Waals surface area contributed by atoms with Gasteiger partial charge in [-0.1, -0.05) is 0 Å². The fourth-order valence-electron chi connectivity index (χ4n) is 0.532. The lowest BCUT2D eigenvalue weighted by atomic mass is 10.5. The van der Waals surface area contributed by atoms with E-state index in [1.54, 1.807) is 0 Å². The molecule has 3 nitrogen and oxygen atoms in total. The molecule has 0 bridgehead atoms. The van der Waals surface area contributed by atoms with Crippen molar-refractivity contribution in [2.45, 2.75) is 0 Å². The van der Waals surface area contributed by atoms with Crippen LogP contribution in [0.5, 0.6) is 0 Å². The maximum Gasteiger partial charge on any atom is 0.159 e. The van der Waals surface area contributed by atoms with Crippen molar-refractivity contribution in [2.75, 3.05) is 19.7 Å². The standard InChI is InChI=1S/C4H7NO2S/c6-8-4-3-5-1-2-7-4/h5H,1-3H2. The lowest BCUT2D eigenvalue weighted by molar-refractivity contribution is 0.280. The van der Waals surface area contributed by atoms with Gasteiger partial charge in [-0.05, 0) is 0 Å². The Morgan fingerprint density at radius 1 is 1.75 bits per heavy atom. The van der Waals surface area contributed by atoms with Crippen molar-refractivity contribution in [1.82, 2.24) is 5.32 Å². The molecular weight excluding hydrogens is 126 g/mol. The van der Waals surface area contributed by atoms with Crippen LogP contribution in [0.15, 0.2) is 0 Å². The van der Waals surface area contributed by atoms with Crippen LogP contribution in [-0.4, -0.2) is 29.0 Å². The molecule has 0 aromatic rings. The van der Waals surface area contributed by atoms with E-state index in [1.807, 2.05) is 0 Å². The number of hydrogen-bond donors (Lipinski definition) is 1. The topological polar surface area (TPSA) is 38.3 Å². The Labute approximate surface area is 51.1 Å². The molecule has 1 heterocycles. The van der Waals surface area contributed by atoms with Gasteiger partial charge < -0.3 is 10.1 Å². The van der Waals surface area contributed by atoms with Gasteiger partial charge in [0.05, 0.1) is 13.2 Å². The van der Waals surface area contributed by atoms with Gasteiger partial charge in [-0.25, -0.2) is 4.21 Å². The third kappa shape index (κ3) is 1.40. The van der Waals surface area contributed by atoms with Crippen molar-refractivity contribution in [3.05, 3.63) is 0 Å². The molecule has 0 aliphatic carbocycles. The lowest BCUT2D eigenvalue weighted by Crippen LogP contribution is -2.34. The van der Waals surface area contributed by atoms with Crippen LogP contribution >= 0.6 is 0 Å². The van der Waals surface area contributed by atoms with E-state index in [-0.39, 0.29) is 0 Å². The highest BCUT2D eigenvalue weighted by molar-refractivity contribution is 7.66. The molecule has 8 heavy (non-hydrogen) atoms. The molecular formula is C4H7NO2S. The van der Waals surface area contributed by atoms with Gasteiger partial charge in [0.25, 0.3) is 0 Å². The Hall–Kier alpha value is -0.190. The molecule has 1 aliphatic rings. The Morgan fingerprint density at radius 3 is 3.00 bits per heavy atom. The van der Waals surface area contributed by atoms with Crippen molar-refractivity contribution in [3.8, 4) is 0 Å². The summed E-state index contributed by atoms with van der Waals surface area (Å²) in [6, 6.07) is 0.